The molecular formula is C22H23ClN4O4S. The number of morpholine rings is 1. The first kappa shape index (κ1) is 22.5. The predicted octanol–water partition coefficient (Wildman–Crippen LogP) is 2.58. The van der Waals surface area contributed by atoms with E-state index in [1.165, 1.54) is 15.2 Å². The molecule has 4 rings (SSSR count). The van der Waals surface area contributed by atoms with Crippen molar-refractivity contribution < 1.29 is 13.2 Å². The zero-order valence-electron chi connectivity index (χ0n) is 17.3. The quantitative estimate of drug-likeness (QED) is 0.565. The highest BCUT2D eigenvalue weighted by Gasteiger charge is 2.26. The number of nitrogens with zero attached hydrogens (tertiary/aromatic N) is 3. The van der Waals surface area contributed by atoms with Crippen molar-refractivity contribution >= 4 is 27.3 Å². The van der Waals surface area contributed by atoms with Crippen molar-refractivity contribution in [3.05, 3.63) is 87.3 Å². The van der Waals surface area contributed by atoms with Crippen LogP contribution in [0.15, 0.2) is 70.5 Å². The van der Waals surface area contributed by atoms with Gasteiger partial charge in [0.1, 0.15) is 5.02 Å². The van der Waals surface area contributed by atoms with Crippen molar-refractivity contribution in [2.24, 2.45) is 0 Å². The van der Waals surface area contributed by atoms with Crippen molar-refractivity contribution in [1.82, 2.24) is 14.1 Å². The topological polar surface area (TPSA) is 93.5 Å². The second-order valence-electron chi connectivity index (χ2n) is 7.33. The van der Waals surface area contributed by atoms with Gasteiger partial charge in [0.25, 0.3) is 5.56 Å². The number of ether oxygens (including phenoxy) is 1. The molecule has 0 atom stereocenters. The van der Waals surface area contributed by atoms with Crippen LogP contribution in [0.5, 0.6) is 0 Å². The summed E-state index contributed by atoms with van der Waals surface area (Å²) in [4.78, 5) is 12.8. The molecule has 0 radical (unpaired) electrons. The minimum absolute atomic E-state index is 0.0578. The highest BCUT2D eigenvalue weighted by Crippen LogP contribution is 2.20. The Kier molecular flexibility index (Phi) is 6.90. The Balaban J connectivity index is 1.42. The van der Waals surface area contributed by atoms with E-state index in [9.17, 15) is 13.2 Å². The van der Waals surface area contributed by atoms with Gasteiger partial charge in [-0.25, -0.2) is 13.1 Å². The maximum absolute atomic E-state index is 12.7. The number of rotatable bonds is 7. The van der Waals surface area contributed by atoms with Crippen molar-refractivity contribution in [1.29, 1.82) is 0 Å². The largest absolute Gasteiger partial charge is 0.379 e. The van der Waals surface area contributed by atoms with Crippen LogP contribution in [0.3, 0.4) is 0 Å². The smallest absolute Gasteiger partial charge is 0.287 e. The molecule has 1 aromatic heterocycles. The van der Waals surface area contributed by atoms with Gasteiger partial charge in [0.2, 0.25) is 10.0 Å². The van der Waals surface area contributed by atoms with Crippen LogP contribution in [0.2, 0.25) is 5.02 Å². The van der Waals surface area contributed by atoms with Crippen LogP contribution in [-0.4, -0.2) is 48.8 Å². The lowest BCUT2D eigenvalue weighted by atomic mass is 10.2. The van der Waals surface area contributed by atoms with Gasteiger partial charge >= 0.3 is 0 Å². The van der Waals surface area contributed by atoms with Gasteiger partial charge in [-0.2, -0.15) is 9.40 Å². The molecule has 1 aliphatic rings. The van der Waals surface area contributed by atoms with E-state index in [0.717, 1.165) is 11.1 Å². The lowest BCUT2D eigenvalue weighted by molar-refractivity contribution is 0.0730. The minimum atomic E-state index is -3.53. The molecule has 2 aromatic carbocycles. The Morgan fingerprint density at radius 1 is 1.00 bits per heavy atom. The van der Waals surface area contributed by atoms with Crippen molar-refractivity contribution in [2.75, 3.05) is 31.6 Å². The molecule has 32 heavy (non-hydrogen) atoms. The molecule has 1 aliphatic heterocycles. The van der Waals surface area contributed by atoms with E-state index in [0.29, 0.717) is 45.1 Å². The summed E-state index contributed by atoms with van der Waals surface area (Å²) in [5.74, 6) is 0. The molecule has 3 aromatic rings. The number of sulfonamides is 1. The van der Waals surface area contributed by atoms with Gasteiger partial charge in [0.15, 0.2) is 0 Å². The van der Waals surface area contributed by atoms with E-state index in [2.05, 4.69) is 10.4 Å². The predicted molar refractivity (Wildman–Crippen MR) is 122 cm³/mol. The van der Waals surface area contributed by atoms with Crippen LogP contribution < -0.4 is 10.9 Å². The van der Waals surface area contributed by atoms with Crippen LogP contribution in [0.4, 0.5) is 5.69 Å². The third-order valence-corrected chi connectivity index (χ3v) is 7.45. The highest BCUT2D eigenvalue weighted by atomic mass is 35.5. The second kappa shape index (κ2) is 9.83. The molecule has 0 amide bonds. The summed E-state index contributed by atoms with van der Waals surface area (Å²) < 4.78 is 33.4. The number of halogens is 1. The number of hydrogen-bond donors (Lipinski definition) is 1. The summed E-state index contributed by atoms with van der Waals surface area (Å²) in [5, 5.41) is 7.36. The van der Waals surface area contributed by atoms with Crippen LogP contribution in [0.1, 0.15) is 11.1 Å². The van der Waals surface area contributed by atoms with Crippen molar-refractivity contribution in [2.45, 2.75) is 18.0 Å². The zero-order valence-corrected chi connectivity index (χ0v) is 18.8. The molecule has 10 heteroatoms. The van der Waals surface area contributed by atoms with E-state index in [-0.39, 0.29) is 15.5 Å². The SMILES string of the molecule is O=c1c(Cl)c(NCc2ccc(S(=O)(=O)N3CCOCC3)cc2)cnn1Cc1ccccc1. The van der Waals surface area contributed by atoms with Gasteiger partial charge in [-0.15, -0.1) is 0 Å². The van der Waals surface area contributed by atoms with Crippen molar-refractivity contribution in [3.8, 4) is 0 Å². The minimum Gasteiger partial charge on any atom is -0.379 e. The molecule has 168 valence electrons. The molecule has 1 fully saturated rings. The molecule has 1 saturated heterocycles. The van der Waals surface area contributed by atoms with E-state index in [4.69, 9.17) is 16.3 Å². The Morgan fingerprint density at radius 2 is 1.69 bits per heavy atom. The summed E-state index contributed by atoms with van der Waals surface area (Å²) >= 11 is 6.27. The lowest BCUT2D eigenvalue weighted by Crippen LogP contribution is -2.40. The molecule has 0 unspecified atom stereocenters. The van der Waals surface area contributed by atoms with E-state index in [1.54, 1.807) is 24.3 Å². The molecule has 8 nitrogen and oxygen atoms in total. The average Bonchev–Trinajstić information content (AvgIpc) is 2.83. The number of aromatic nitrogens is 2. The summed E-state index contributed by atoms with van der Waals surface area (Å²) in [5.41, 5.74) is 1.83. The van der Waals surface area contributed by atoms with Crippen LogP contribution >= 0.6 is 11.6 Å². The van der Waals surface area contributed by atoms with E-state index in [1.807, 2.05) is 30.3 Å². The van der Waals surface area contributed by atoms with Gasteiger partial charge in [-0.05, 0) is 23.3 Å². The van der Waals surface area contributed by atoms with E-state index < -0.39 is 10.0 Å². The zero-order chi connectivity index (χ0) is 22.6. The Morgan fingerprint density at radius 3 is 2.38 bits per heavy atom. The standard InChI is InChI=1S/C22H23ClN4O4S/c23-21-20(15-25-27(22(21)28)16-18-4-2-1-3-5-18)24-14-17-6-8-19(9-7-17)32(29,30)26-10-12-31-13-11-26/h1-9,15,24H,10-14,16H2. The van der Waals surface area contributed by atoms with Gasteiger partial charge in [-0.1, -0.05) is 54.1 Å². The average molecular weight is 475 g/mol. The third kappa shape index (κ3) is 5.02. The molecule has 2 heterocycles. The van der Waals surface area contributed by atoms with Gasteiger partial charge in [0.05, 0.1) is 36.5 Å². The molecular weight excluding hydrogens is 452 g/mol. The van der Waals surface area contributed by atoms with Gasteiger partial charge < -0.3 is 10.1 Å². The normalized spacial score (nSPS) is 14.9. The second-order valence-corrected chi connectivity index (χ2v) is 9.65. The molecule has 0 spiro atoms. The third-order valence-electron chi connectivity index (χ3n) is 5.17. The number of benzene rings is 2. The van der Waals surface area contributed by atoms with Gasteiger partial charge in [-0.3, -0.25) is 4.79 Å². The fraction of sp³-hybridized carbons (Fsp3) is 0.273. The number of nitrogens with one attached hydrogen (secondary N) is 1. The van der Waals surface area contributed by atoms with Crippen molar-refractivity contribution in [3.63, 3.8) is 0 Å². The summed E-state index contributed by atoms with van der Waals surface area (Å²) in [6.07, 6.45) is 1.52. The summed E-state index contributed by atoms with van der Waals surface area (Å²) in [6, 6.07) is 16.2. The first-order valence-corrected chi connectivity index (χ1v) is 12.0. The lowest BCUT2D eigenvalue weighted by Gasteiger charge is -2.26. The first-order valence-electron chi connectivity index (χ1n) is 10.2. The fourth-order valence-electron chi connectivity index (χ4n) is 3.37. The van der Waals surface area contributed by atoms with Crippen LogP contribution in [0.25, 0.3) is 0 Å². The first-order chi connectivity index (χ1) is 15.4. The Bertz CT molecular complexity index is 1230. The van der Waals surface area contributed by atoms with E-state index >= 15 is 0 Å². The monoisotopic (exact) mass is 474 g/mol. The van der Waals surface area contributed by atoms with Gasteiger partial charge in [0, 0.05) is 19.6 Å². The maximum Gasteiger partial charge on any atom is 0.287 e. The van der Waals surface area contributed by atoms with Crippen LogP contribution in [0, 0.1) is 0 Å². The maximum atomic E-state index is 12.7. The number of hydrogen-bond acceptors (Lipinski definition) is 6. The Labute approximate surface area is 191 Å². The van der Waals surface area contributed by atoms with Crippen LogP contribution in [-0.2, 0) is 27.8 Å². The fourth-order valence-corrected chi connectivity index (χ4v) is 4.99. The molecule has 0 aliphatic carbocycles. The summed E-state index contributed by atoms with van der Waals surface area (Å²) in [7, 11) is -3.53. The number of anilines is 1. The molecule has 1 N–H and O–H groups in total. The Hall–Kier alpha value is -2.72. The molecule has 0 bridgehead atoms. The summed E-state index contributed by atoms with van der Waals surface area (Å²) in [6.45, 7) is 2.21. The highest BCUT2D eigenvalue weighted by molar-refractivity contribution is 7.89. The molecule has 0 saturated carbocycles.